The van der Waals surface area contributed by atoms with Crippen LogP contribution in [0, 0.1) is 5.92 Å². The smallest absolute Gasteiger partial charge is 0.222 e. The highest BCUT2D eigenvalue weighted by molar-refractivity contribution is 5.77. The number of hydrogen-bond donors (Lipinski definition) is 2. The van der Waals surface area contributed by atoms with Crippen LogP contribution in [-0.2, 0) is 11.3 Å². The summed E-state index contributed by atoms with van der Waals surface area (Å²) in [6.07, 6.45) is 3.64. The first-order valence-corrected chi connectivity index (χ1v) is 5.90. The number of nitrogens with two attached hydrogens (primary N) is 2. The number of aromatic nitrogens is 1. The Labute approximate surface area is 101 Å². The van der Waals surface area contributed by atoms with Crippen LogP contribution in [0.4, 0.5) is 5.82 Å². The second-order valence-corrected chi connectivity index (χ2v) is 4.42. The number of carbonyl (C=O) groups excluding carboxylic acids is 1. The summed E-state index contributed by atoms with van der Waals surface area (Å²) in [5, 5.41) is 0. The molecule has 0 aromatic carbocycles. The van der Waals surface area contributed by atoms with Crippen molar-refractivity contribution in [3.63, 3.8) is 0 Å². The normalized spacial score (nSPS) is 20.3. The molecule has 1 aromatic rings. The number of piperidine rings is 1. The highest BCUT2D eigenvalue weighted by Crippen LogP contribution is 2.21. The van der Waals surface area contributed by atoms with Crippen molar-refractivity contribution in [3.05, 3.63) is 23.9 Å². The third-order valence-corrected chi connectivity index (χ3v) is 3.19. The van der Waals surface area contributed by atoms with E-state index in [1.165, 1.54) is 0 Å². The van der Waals surface area contributed by atoms with E-state index in [-0.39, 0.29) is 11.8 Å². The van der Waals surface area contributed by atoms with E-state index in [0.717, 1.165) is 30.8 Å². The number of pyridine rings is 1. The summed E-state index contributed by atoms with van der Waals surface area (Å²) in [5.74, 6) is 0.626. The van der Waals surface area contributed by atoms with Crippen molar-refractivity contribution >= 4 is 11.7 Å². The summed E-state index contributed by atoms with van der Waals surface area (Å²) in [5.41, 5.74) is 11.9. The van der Waals surface area contributed by atoms with E-state index in [4.69, 9.17) is 11.5 Å². The van der Waals surface area contributed by atoms with E-state index in [0.29, 0.717) is 13.1 Å². The molecule has 0 spiro atoms. The third kappa shape index (κ3) is 2.74. The van der Waals surface area contributed by atoms with Gasteiger partial charge >= 0.3 is 0 Å². The van der Waals surface area contributed by atoms with Crippen LogP contribution in [0.5, 0.6) is 0 Å². The number of nitrogens with zero attached hydrogens (tertiary/aromatic N) is 2. The van der Waals surface area contributed by atoms with Crippen molar-refractivity contribution in [2.24, 2.45) is 17.4 Å². The van der Waals surface area contributed by atoms with Gasteiger partial charge in [0.05, 0.1) is 5.92 Å². The Hall–Kier alpha value is -1.62. The van der Waals surface area contributed by atoms with Crippen molar-refractivity contribution in [1.29, 1.82) is 0 Å². The van der Waals surface area contributed by atoms with E-state index < -0.39 is 0 Å². The van der Waals surface area contributed by atoms with Crippen molar-refractivity contribution in [3.8, 4) is 0 Å². The van der Waals surface area contributed by atoms with Crippen LogP contribution >= 0.6 is 0 Å². The predicted octanol–water partition coefficient (Wildman–Crippen LogP) is 0.242. The van der Waals surface area contributed by atoms with Gasteiger partial charge in [0.1, 0.15) is 5.82 Å². The maximum Gasteiger partial charge on any atom is 0.222 e. The molecule has 1 unspecified atom stereocenters. The average Bonchev–Trinajstić information content (AvgIpc) is 2.39. The first kappa shape index (κ1) is 11.9. The zero-order valence-corrected chi connectivity index (χ0v) is 9.80. The molecule has 2 rings (SSSR count). The Bertz CT molecular complexity index is 390. The fraction of sp³-hybridized carbons (Fsp3) is 0.500. The van der Waals surface area contributed by atoms with Gasteiger partial charge in [-0.2, -0.15) is 0 Å². The van der Waals surface area contributed by atoms with Crippen molar-refractivity contribution in [1.82, 2.24) is 4.98 Å². The highest BCUT2D eigenvalue weighted by Gasteiger charge is 2.24. The molecular weight excluding hydrogens is 216 g/mol. The molecule has 0 aliphatic carbocycles. The zero-order valence-electron chi connectivity index (χ0n) is 9.80. The molecule has 1 fully saturated rings. The number of rotatable bonds is 3. The molecule has 17 heavy (non-hydrogen) atoms. The lowest BCUT2D eigenvalue weighted by molar-refractivity contribution is -0.122. The molecule has 5 heteroatoms. The highest BCUT2D eigenvalue weighted by atomic mass is 16.1. The molecule has 1 amide bonds. The van der Waals surface area contributed by atoms with Crippen molar-refractivity contribution in [2.75, 3.05) is 18.0 Å². The molecule has 1 saturated heterocycles. The number of carbonyl (C=O) groups is 1. The van der Waals surface area contributed by atoms with Gasteiger partial charge in [-0.1, -0.05) is 6.07 Å². The van der Waals surface area contributed by atoms with Gasteiger partial charge in [0, 0.05) is 25.8 Å². The Morgan fingerprint density at radius 1 is 1.53 bits per heavy atom. The lowest BCUT2D eigenvalue weighted by Gasteiger charge is -2.32. The van der Waals surface area contributed by atoms with Gasteiger partial charge in [0.25, 0.3) is 0 Å². The van der Waals surface area contributed by atoms with Gasteiger partial charge in [-0.15, -0.1) is 0 Å². The summed E-state index contributed by atoms with van der Waals surface area (Å²) in [4.78, 5) is 17.7. The van der Waals surface area contributed by atoms with Gasteiger partial charge < -0.3 is 16.4 Å². The lowest BCUT2D eigenvalue weighted by Crippen LogP contribution is -2.41. The maximum absolute atomic E-state index is 11.2. The van der Waals surface area contributed by atoms with Crippen LogP contribution in [-0.4, -0.2) is 24.0 Å². The third-order valence-electron chi connectivity index (χ3n) is 3.19. The summed E-state index contributed by atoms with van der Waals surface area (Å²) < 4.78 is 0. The molecule has 1 aliphatic heterocycles. The first-order valence-electron chi connectivity index (χ1n) is 5.90. The number of hydrogen-bond acceptors (Lipinski definition) is 4. The molecule has 2 heterocycles. The van der Waals surface area contributed by atoms with Crippen LogP contribution in [0.2, 0.25) is 0 Å². The van der Waals surface area contributed by atoms with E-state index in [1.807, 2.05) is 12.1 Å². The summed E-state index contributed by atoms with van der Waals surface area (Å²) in [7, 11) is 0. The maximum atomic E-state index is 11.2. The molecule has 4 N–H and O–H groups in total. The quantitative estimate of drug-likeness (QED) is 0.784. The summed E-state index contributed by atoms with van der Waals surface area (Å²) >= 11 is 0. The Balaban J connectivity index is 2.08. The zero-order chi connectivity index (χ0) is 12.3. The molecule has 92 valence electrons. The fourth-order valence-electron chi connectivity index (χ4n) is 2.14. The summed E-state index contributed by atoms with van der Waals surface area (Å²) in [6, 6.07) is 3.92. The molecule has 5 nitrogen and oxygen atoms in total. The lowest BCUT2D eigenvalue weighted by atomic mass is 9.97. The number of primary amides is 1. The van der Waals surface area contributed by atoms with Crippen LogP contribution in [0.1, 0.15) is 18.4 Å². The van der Waals surface area contributed by atoms with Crippen LogP contribution in [0.3, 0.4) is 0 Å². The standard InChI is InChI=1S/C12H18N4O/c13-6-9-3-4-11(15-7-9)16-5-1-2-10(8-16)12(14)17/h3-4,7,10H,1-2,5-6,8,13H2,(H2,14,17). The monoisotopic (exact) mass is 234 g/mol. The van der Waals surface area contributed by atoms with Crippen molar-refractivity contribution < 1.29 is 4.79 Å². The van der Waals surface area contributed by atoms with Gasteiger partial charge in [-0.25, -0.2) is 4.98 Å². The number of anilines is 1. The molecule has 1 atom stereocenters. The molecule has 1 aromatic heterocycles. The van der Waals surface area contributed by atoms with Gasteiger partial charge in [-0.3, -0.25) is 4.79 Å². The van der Waals surface area contributed by atoms with Crippen molar-refractivity contribution in [2.45, 2.75) is 19.4 Å². The van der Waals surface area contributed by atoms with Crippen LogP contribution in [0.15, 0.2) is 18.3 Å². The topological polar surface area (TPSA) is 85.2 Å². The second kappa shape index (κ2) is 5.14. The van der Waals surface area contributed by atoms with Gasteiger partial charge in [-0.05, 0) is 24.5 Å². The Morgan fingerprint density at radius 3 is 2.94 bits per heavy atom. The molecule has 1 aliphatic rings. The average molecular weight is 234 g/mol. The largest absolute Gasteiger partial charge is 0.369 e. The second-order valence-electron chi connectivity index (χ2n) is 4.42. The minimum atomic E-state index is -0.215. The van der Waals surface area contributed by atoms with Crippen LogP contribution < -0.4 is 16.4 Å². The molecule has 0 saturated carbocycles. The van der Waals surface area contributed by atoms with Gasteiger partial charge in [0.2, 0.25) is 5.91 Å². The van der Waals surface area contributed by atoms with E-state index in [2.05, 4.69) is 9.88 Å². The predicted molar refractivity (Wildman–Crippen MR) is 66.3 cm³/mol. The van der Waals surface area contributed by atoms with E-state index in [9.17, 15) is 4.79 Å². The Morgan fingerprint density at radius 2 is 2.35 bits per heavy atom. The van der Waals surface area contributed by atoms with Crippen LogP contribution in [0.25, 0.3) is 0 Å². The number of amides is 1. The van der Waals surface area contributed by atoms with E-state index >= 15 is 0 Å². The van der Waals surface area contributed by atoms with E-state index in [1.54, 1.807) is 6.20 Å². The first-order chi connectivity index (χ1) is 8.20. The molecule has 0 bridgehead atoms. The molecular formula is C12H18N4O. The molecule has 0 radical (unpaired) electrons. The van der Waals surface area contributed by atoms with Gasteiger partial charge in [0.15, 0.2) is 0 Å². The summed E-state index contributed by atoms with van der Waals surface area (Å²) in [6.45, 7) is 2.10. The Kier molecular flexibility index (Phi) is 3.58. The SMILES string of the molecule is NCc1ccc(N2CCCC(C(N)=O)C2)nc1. The minimum absolute atomic E-state index is 0.0558. The minimum Gasteiger partial charge on any atom is -0.369 e. The fourth-order valence-corrected chi connectivity index (χ4v) is 2.14.